The molecule has 3 unspecified atom stereocenters. The molecule has 2 fully saturated rings. The van der Waals surface area contributed by atoms with Gasteiger partial charge in [0.05, 0.1) is 35.4 Å². The average Bonchev–Trinajstić information content (AvgIpc) is 3.85. The van der Waals surface area contributed by atoms with Crippen LogP contribution in [0, 0.1) is 5.92 Å². The lowest BCUT2D eigenvalue weighted by Crippen LogP contribution is -2.14. The van der Waals surface area contributed by atoms with Crippen molar-refractivity contribution in [2.75, 3.05) is 7.11 Å². The topological polar surface area (TPSA) is 61.6 Å². The lowest BCUT2D eigenvalue weighted by Gasteiger charge is -2.20. The Morgan fingerprint density at radius 2 is 1.79 bits per heavy atom. The van der Waals surface area contributed by atoms with Crippen LogP contribution < -0.4 is 0 Å². The molecule has 6 rings (SSSR count). The summed E-state index contributed by atoms with van der Waals surface area (Å²) < 4.78 is 16.9. The van der Waals surface area contributed by atoms with Crippen molar-refractivity contribution >= 4 is 40.8 Å². The molecule has 0 radical (unpaired) electrons. The molecule has 5 nitrogen and oxygen atoms in total. The molecule has 0 aliphatic heterocycles. The summed E-state index contributed by atoms with van der Waals surface area (Å²) in [4.78, 5) is 11.7. The fourth-order valence-corrected chi connectivity index (χ4v) is 6.16. The summed E-state index contributed by atoms with van der Waals surface area (Å²) in [6, 6.07) is 13.1. The molecule has 196 valence electrons. The van der Waals surface area contributed by atoms with Crippen LogP contribution in [0.5, 0.6) is 0 Å². The molecule has 8 heteroatoms. The van der Waals surface area contributed by atoms with E-state index < -0.39 is 0 Å². The van der Waals surface area contributed by atoms with Crippen molar-refractivity contribution in [3.63, 3.8) is 0 Å². The number of methoxy groups -OCH3 is 1. The van der Waals surface area contributed by atoms with Crippen molar-refractivity contribution in [3.05, 3.63) is 97.7 Å². The highest BCUT2D eigenvalue weighted by Crippen LogP contribution is 2.54. The molecular weight excluding hydrogens is 545 g/mol. The van der Waals surface area contributed by atoms with E-state index in [2.05, 4.69) is 17.3 Å². The van der Waals surface area contributed by atoms with Gasteiger partial charge in [-0.05, 0) is 66.5 Å². The van der Waals surface area contributed by atoms with Crippen LogP contribution in [0.15, 0.2) is 69.7 Å². The summed E-state index contributed by atoms with van der Waals surface area (Å²) in [5.41, 5.74) is 5.14. The second kappa shape index (κ2) is 10.5. The van der Waals surface area contributed by atoms with Crippen LogP contribution in [-0.2, 0) is 16.1 Å². The van der Waals surface area contributed by atoms with Gasteiger partial charge in [-0.15, -0.1) is 0 Å². The first kappa shape index (κ1) is 25.7. The Kier molecular flexibility index (Phi) is 7.12. The zero-order valence-corrected chi connectivity index (χ0v) is 23.0. The van der Waals surface area contributed by atoms with E-state index in [1.54, 1.807) is 12.1 Å². The van der Waals surface area contributed by atoms with Gasteiger partial charge in [0, 0.05) is 28.5 Å². The minimum absolute atomic E-state index is 0.153. The van der Waals surface area contributed by atoms with Gasteiger partial charge in [-0.2, -0.15) is 0 Å². The van der Waals surface area contributed by atoms with Gasteiger partial charge in [0.15, 0.2) is 0 Å². The van der Waals surface area contributed by atoms with Gasteiger partial charge in [-0.1, -0.05) is 70.3 Å². The summed E-state index contributed by atoms with van der Waals surface area (Å²) in [7, 11) is 1.39. The molecule has 0 spiro atoms. The summed E-state index contributed by atoms with van der Waals surface area (Å²) in [6.45, 7) is 0.333. The molecule has 1 aromatic heterocycles. The standard InChI is InChI=1S/C30H26Cl3NO4/c1-36-30(35)18-9-5-16(6-10-18)21-14-22(21)20-12-11-19(13-26(20)33)37-15-23-28(34-38-29(23)17-7-8-17)27-24(31)3-2-4-25(27)32/h2-6,9-12,17,19,21-22H,7-8,13-15H2,1H3. The maximum Gasteiger partial charge on any atom is 0.337 e. The Labute approximate surface area is 236 Å². The number of nitrogens with zero attached hydrogens (tertiary/aromatic N) is 1. The quantitative estimate of drug-likeness (QED) is 0.254. The summed E-state index contributed by atoms with van der Waals surface area (Å²) in [5.74, 6) is 1.66. The summed E-state index contributed by atoms with van der Waals surface area (Å²) in [6.07, 6.45) is 7.84. The van der Waals surface area contributed by atoms with Crippen molar-refractivity contribution in [1.82, 2.24) is 5.16 Å². The van der Waals surface area contributed by atoms with Crippen LogP contribution in [0.4, 0.5) is 0 Å². The third-order valence-corrected chi connectivity index (χ3v) is 8.54. The molecule has 0 bridgehead atoms. The second-order valence-electron chi connectivity index (χ2n) is 10.1. The zero-order valence-electron chi connectivity index (χ0n) is 20.8. The van der Waals surface area contributed by atoms with Gasteiger partial charge in [-0.3, -0.25) is 0 Å². The lowest BCUT2D eigenvalue weighted by atomic mass is 9.97. The number of carbonyl (C=O) groups excluding carboxylic acids is 1. The van der Waals surface area contributed by atoms with E-state index >= 15 is 0 Å². The number of carbonyl (C=O) groups is 1. The van der Waals surface area contributed by atoms with Gasteiger partial charge in [0.2, 0.25) is 0 Å². The minimum atomic E-state index is -0.326. The molecule has 0 saturated heterocycles. The average molecular weight is 571 g/mol. The Morgan fingerprint density at radius 3 is 2.45 bits per heavy atom. The number of hydrogen-bond donors (Lipinski definition) is 0. The van der Waals surface area contributed by atoms with E-state index in [0.29, 0.717) is 57.6 Å². The molecule has 3 aliphatic rings. The normalized spacial score (nSPS) is 22.6. The van der Waals surface area contributed by atoms with Gasteiger partial charge >= 0.3 is 5.97 Å². The monoisotopic (exact) mass is 569 g/mol. The first-order valence-corrected chi connectivity index (χ1v) is 13.9. The van der Waals surface area contributed by atoms with Crippen molar-refractivity contribution in [2.45, 2.75) is 50.2 Å². The lowest BCUT2D eigenvalue weighted by molar-refractivity contribution is 0.0600. The van der Waals surface area contributed by atoms with Crippen LogP contribution >= 0.6 is 34.8 Å². The van der Waals surface area contributed by atoms with E-state index in [1.807, 2.05) is 30.3 Å². The van der Waals surface area contributed by atoms with Gasteiger partial charge < -0.3 is 14.0 Å². The third kappa shape index (κ3) is 5.05. The van der Waals surface area contributed by atoms with E-state index in [4.69, 9.17) is 48.8 Å². The van der Waals surface area contributed by atoms with Gasteiger partial charge in [0.1, 0.15) is 11.5 Å². The molecule has 0 amide bonds. The first-order valence-electron chi connectivity index (χ1n) is 12.7. The number of halogens is 3. The highest BCUT2D eigenvalue weighted by atomic mass is 35.5. The summed E-state index contributed by atoms with van der Waals surface area (Å²) >= 11 is 19.8. The number of ether oxygens (including phenoxy) is 2. The smallest absolute Gasteiger partial charge is 0.337 e. The molecule has 2 aromatic carbocycles. The summed E-state index contributed by atoms with van der Waals surface area (Å²) in [5, 5.41) is 6.24. The highest BCUT2D eigenvalue weighted by Gasteiger charge is 2.42. The maximum absolute atomic E-state index is 11.7. The Morgan fingerprint density at radius 1 is 1.05 bits per heavy atom. The number of aromatic nitrogens is 1. The SMILES string of the molecule is COC(=O)c1ccc(C2CC2C2=C(Cl)CC(OCc3c(-c4c(Cl)cccc4Cl)noc3C3CC3)C=C2)cc1. The van der Waals surface area contributed by atoms with Crippen LogP contribution in [0.1, 0.15) is 64.8 Å². The Hall–Kier alpha value is -2.57. The Bertz CT molecular complexity index is 1420. The fraction of sp³-hybridized carbons (Fsp3) is 0.333. The molecular formula is C30H26Cl3NO4. The molecule has 1 heterocycles. The number of allylic oxidation sites excluding steroid dienone is 2. The fourth-order valence-electron chi connectivity index (χ4n) is 5.23. The first-order chi connectivity index (χ1) is 18.4. The molecule has 3 atom stereocenters. The van der Waals surface area contributed by atoms with Gasteiger partial charge in [0.25, 0.3) is 0 Å². The van der Waals surface area contributed by atoms with Crippen LogP contribution in [0.2, 0.25) is 10.0 Å². The number of esters is 1. The minimum Gasteiger partial charge on any atom is -0.465 e. The predicted molar refractivity (Wildman–Crippen MR) is 148 cm³/mol. The molecule has 0 N–H and O–H groups in total. The van der Waals surface area contributed by atoms with Crippen molar-refractivity contribution in [1.29, 1.82) is 0 Å². The van der Waals surface area contributed by atoms with Crippen molar-refractivity contribution in [3.8, 4) is 11.3 Å². The zero-order chi connectivity index (χ0) is 26.4. The molecule has 38 heavy (non-hydrogen) atoms. The molecule has 3 aliphatic carbocycles. The van der Waals surface area contributed by atoms with E-state index in [1.165, 1.54) is 18.2 Å². The molecule has 3 aromatic rings. The van der Waals surface area contributed by atoms with E-state index in [-0.39, 0.29) is 12.1 Å². The van der Waals surface area contributed by atoms with Crippen molar-refractivity contribution < 1.29 is 18.8 Å². The highest BCUT2D eigenvalue weighted by molar-refractivity contribution is 6.39. The van der Waals surface area contributed by atoms with Crippen molar-refractivity contribution in [2.24, 2.45) is 5.92 Å². The third-order valence-electron chi connectivity index (χ3n) is 7.54. The van der Waals surface area contributed by atoms with E-state index in [0.717, 1.165) is 35.6 Å². The van der Waals surface area contributed by atoms with Crippen LogP contribution in [-0.4, -0.2) is 24.3 Å². The predicted octanol–water partition coefficient (Wildman–Crippen LogP) is 8.45. The maximum atomic E-state index is 11.7. The second-order valence-corrected chi connectivity index (χ2v) is 11.4. The number of benzene rings is 2. The Balaban J connectivity index is 1.13. The largest absolute Gasteiger partial charge is 0.465 e. The van der Waals surface area contributed by atoms with Gasteiger partial charge in [-0.25, -0.2) is 4.79 Å². The number of rotatable bonds is 8. The van der Waals surface area contributed by atoms with Crippen LogP contribution in [0.25, 0.3) is 11.3 Å². The molecule has 2 saturated carbocycles. The van der Waals surface area contributed by atoms with E-state index in [9.17, 15) is 4.79 Å². The number of hydrogen-bond acceptors (Lipinski definition) is 5. The van der Waals surface area contributed by atoms with Crippen LogP contribution in [0.3, 0.4) is 0 Å².